The summed E-state index contributed by atoms with van der Waals surface area (Å²) in [5.41, 5.74) is 1.57. The van der Waals surface area contributed by atoms with E-state index in [0.717, 1.165) is 31.5 Å². The average Bonchev–Trinajstić information content (AvgIpc) is 2.92. The van der Waals surface area contributed by atoms with E-state index in [1.165, 1.54) is 0 Å². The maximum Gasteiger partial charge on any atom is 0.223 e. The largest absolute Gasteiger partial charge is 0.343 e. The molecule has 0 saturated carbocycles. The van der Waals surface area contributed by atoms with E-state index in [2.05, 4.69) is 5.32 Å². The Morgan fingerprint density at radius 3 is 2.79 bits per heavy atom. The molecule has 104 valence electrons. The van der Waals surface area contributed by atoms with Crippen molar-refractivity contribution in [3.8, 4) is 0 Å². The van der Waals surface area contributed by atoms with Crippen molar-refractivity contribution in [1.29, 1.82) is 0 Å². The van der Waals surface area contributed by atoms with E-state index in [0.29, 0.717) is 25.1 Å². The van der Waals surface area contributed by atoms with E-state index in [-0.39, 0.29) is 11.7 Å². The summed E-state index contributed by atoms with van der Waals surface area (Å²) in [6, 6.07) is 5.24. The first-order valence-electron chi connectivity index (χ1n) is 6.90. The highest BCUT2D eigenvalue weighted by Crippen LogP contribution is 2.10. The van der Waals surface area contributed by atoms with Crippen LogP contribution in [0.4, 0.5) is 4.39 Å². The number of carbonyl (C=O) groups excluding carboxylic acids is 1. The van der Waals surface area contributed by atoms with Crippen LogP contribution in [-0.2, 0) is 11.3 Å². The Morgan fingerprint density at radius 1 is 1.37 bits per heavy atom. The van der Waals surface area contributed by atoms with Crippen molar-refractivity contribution in [3.63, 3.8) is 0 Å². The van der Waals surface area contributed by atoms with E-state index in [9.17, 15) is 9.18 Å². The lowest BCUT2D eigenvalue weighted by Gasteiger charge is -2.15. The monoisotopic (exact) mass is 264 g/mol. The molecule has 1 amide bonds. The molecule has 0 spiro atoms. The molecule has 1 N–H and O–H groups in total. The number of amides is 1. The highest BCUT2D eigenvalue weighted by atomic mass is 19.1. The van der Waals surface area contributed by atoms with Gasteiger partial charge < -0.3 is 10.2 Å². The topological polar surface area (TPSA) is 32.3 Å². The summed E-state index contributed by atoms with van der Waals surface area (Å²) < 4.78 is 13.3. The second kappa shape index (κ2) is 6.66. The zero-order valence-electron chi connectivity index (χ0n) is 11.4. The van der Waals surface area contributed by atoms with Crippen molar-refractivity contribution >= 4 is 5.91 Å². The first-order valence-corrected chi connectivity index (χ1v) is 6.90. The third kappa shape index (κ3) is 4.03. The predicted octanol–water partition coefficient (Wildman–Crippen LogP) is 2.24. The Morgan fingerprint density at radius 2 is 2.11 bits per heavy atom. The van der Waals surface area contributed by atoms with Crippen molar-refractivity contribution in [2.45, 2.75) is 32.7 Å². The molecular formula is C15H21FN2O. The fourth-order valence-corrected chi connectivity index (χ4v) is 2.30. The zero-order valence-corrected chi connectivity index (χ0v) is 11.4. The molecule has 0 radical (unpaired) electrons. The number of aryl methyl sites for hydroxylation is 1. The smallest absolute Gasteiger partial charge is 0.223 e. The van der Waals surface area contributed by atoms with Crippen LogP contribution in [0.5, 0.6) is 0 Å². The molecule has 0 aromatic heterocycles. The van der Waals surface area contributed by atoms with Gasteiger partial charge in [-0.15, -0.1) is 0 Å². The lowest BCUT2D eigenvalue weighted by atomic mass is 10.1. The molecule has 4 heteroatoms. The minimum atomic E-state index is -0.174. The molecule has 0 unspecified atom stereocenters. The third-order valence-corrected chi connectivity index (χ3v) is 3.54. The fourth-order valence-electron chi connectivity index (χ4n) is 2.30. The summed E-state index contributed by atoms with van der Waals surface area (Å²) in [7, 11) is 0. The highest BCUT2D eigenvalue weighted by molar-refractivity contribution is 5.76. The minimum absolute atomic E-state index is 0.174. The number of nitrogens with one attached hydrogen (secondary N) is 1. The van der Waals surface area contributed by atoms with Crippen molar-refractivity contribution in [2.24, 2.45) is 0 Å². The molecule has 1 aliphatic rings. The van der Waals surface area contributed by atoms with Crippen LogP contribution in [-0.4, -0.2) is 30.4 Å². The molecule has 0 aliphatic carbocycles. The van der Waals surface area contributed by atoms with Crippen LogP contribution >= 0.6 is 0 Å². The minimum Gasteiger partial charge on any atom is -0.343 e. The zero-order chi connectivity index (χ0) is 13.7. The summed E-state index contributed by atoms with van der Waals surface area (Å²) in [6.45, 7) is 4.81. The van der Waals surface area contributed by atoms with Crippen LogP contribution in [0.25, 0.3) is 0 Å². The van der Waals surface area contributed by atoms with Gasteiger partial charge in [0.2, 0.25) is 5.91 Å². The van der Waals surface area contributed by atoms with Gasteiger partial charge in [-0.2, -0.15) is 0 Å². The molecule has 0 bridgehead atoms. The lowest BCUT2D eigenvalue weighted by Crippen LogP contribution is -2.30. The van der Waals surface area contributed by atoms with Gasteiger partial charge in [0.15, 0.2) is 0 Å². The number of rotatable bonds is 5. The van der Waals surface area contributed by atoms with Crippen LogP contribution in [0.3, 0.4) is 0 Å². The van der Waals surface area contributed by atoms with Gasteiger partial charge in [-0.05, 0) is 37.0 Å². The molecule has 0 atom stereocenters. The number of nitrogens with zero attached hydrogens (tertiary/aromatic N) is 1. The predicted molar refractivity (Wildman–Crippen MR) is 73.3 cm³/mol. The van der Waals surface area contributed by atoms with Crippen molar-refractivity contribution < 1.29 is 9.18 Å². The van der Waals surface area contributed by atoms with E-state index in [1.54, 1.807) is 19.1 Å². The first-order chi connectivity index (χ1) is 9.16. The maximum atomic E-state index is 13.3. The van der Waals surface area contributed by atoms with Gasteiger partial charge in [0.05, 0.1) is 0 Å². The number of halogens is 1. The molecule has 1 aromatic carbocycles. The molecule has 1 heterocycles. The standard InChI is InChI=1S/C15H21FN2O/c1-12-4-5-13(10-14(12)16)11-17-7-6-15(19)18-8-2-3-9-18/h4-5,10,17H,2-3,6-9,11H2,1H3. The number of carbonyl (C=O) groups is 1. The summed E-state index contributed by atoms with van der Waals surface area (Å²) in [5.74, 6) is 0.0486. The number of hydrogen-bond donors (Lipinski definition) is 1. The van der Waals surface area contributed by atoms with Gasteiger partial charge in [-0.3, -0.25) is 4.79 Å². The van der Waals surface area contributed by atoms with Crippen molar-refractivity contribution in [1.82, 2.24) is 10.2 Å². The molecular weight excluding hydrogens is 243 g/mol. The van der Waals surface area contributed by atoms with Crippen LogP contribution in [0.1, 0.15) is 30.4 Å². The van der Waals surface area contributed by atoms with Gasteiger partial charge >= 0.3 is 0 Å². The third-order valence-electron chi connectivity index (χ3n) is 3.54. The Kier molecular flexibility index (Phi) is 4.91. The molecule has 1 aromatic rings. The van der Waals surface area contributed by atoms with Gasteiger partial charge in [0, 0.05) is 32.6 Å². The Hall–Kier alpha value is -1.42. The van der Waals surface area contributed by atoms with Gasteiger partial charge in [-0.1, -0.05) is 12.1 Å². The summed E-state index contributed by atoms with van der Waals surface area (Å²) >= 11 is 0. The summed E-state index contributed by atoms with van der Waals surface area (Å²) in [5, 5.41) is 3.19. The SMILES string of the molecule is Cc1ccc(CNCCC(=O)N2CCCC2)cc1F. The Bertz CT molecular complexity index is 442. The molecule has 19 heavy (non-hydrogen) atoms. The lowest BCUT2D eigenvalue weighted by molar-refractivity contribution is -0.130. The maximum absolute atomic E-state index is 13.3. The number of benzene rings is 1. The molecule has 3 nitrogen and oxygen atoms in total. The summed E-state index contributed by atoms with van der Waals surface area (Å²) in [4.78, 5) is 13.7. The van der Waals surface area contributed by atoms with Crippen LogP contribution in [0.2, 0.25) is 0 Å². The quantitative estimate of drug-likeness (QED) is 0.827. The Labute approximate surface area is 113 Å². The van der Waals surface area contributed by atoms with Crippen molar-refractivity contribution in [3.05, 3.63) is 35.1 Å². The van der Waals surface area contributed by atoms with E-state index in [4.69, 9.17) is 0 Å². The van der Waals surface area contributed by atoms with Crippen LogP contribution < -0.4 is 5.32 Å². The average molecular weight is 264 g/mol. The molecule has 1 saturated heterocycles. The Balaban J connectivity index is 1.68. The highest BCUT2D eigenvalue weighted by Gasteiger charge is 2.16. The summed E-state index contributed by atoms with van der Waals surface area (Å²) in [6.07, 6.45) is 2.78. The number of hydrogen-bond acceptors (Lipinski definition) is 2. The first kappa shape index (κ1) is 14.0. The van der Waals surface area contributed by atoms with Crippen LogP contribution in [0.15, 0.2) is 18.2 Å². The number of likely N-dealkylation sites (tertiary alicyclic amines) is 1. The van der Waals surface area contributed by atoms with E-state index in [1.807, 2.05) is 11.0 Å². The van der Waals surface area contributed by atoms with E-state index < -0.39 is 0 Å². The second-order valence-corrected chi connectivity index (χ2v) is 5.10. The van der Waals surface area contributed by atoms with E-state index >= 15 is 0 Å². The van der Waals surface area contributed by atoms with Crippen LogP contribution in [0, 0.1) is 12.7 Å². The molecule has 2 rings (SSSR count). The van der Waals surface area contributed by atoms with Crippen molar-refractivity contribution in [2.75, 3.05) is 19.6 Å². The fraction of sp³-hybridized carbons (Fsp3) is 0.533. The van der Waals surface area contributed by atoms with Gasteiger partial charge in [0.25, 0.3) is 0 Å². The normalized spacial score (nSPS) is 14.9. The molecule has 1 aliphatic heterocycles. The second-order valence-electron chi connectivity index (χ2n) is 5.10. The molecule has 1 fully saturated rings. The van der Waals surface area contributed by atoms with Gasteiger partial charge in [0.1, 0.15) is 5.82 Å². The van der Waals surface area contributed by atoms with Gasteiger partial charge in [-0.25, -0.2) is 4.39 Å².